The molecule has 1 aromatic heterocycles. The molecule has 3 aromatic carbocycles. The minimum atomic E-state index is -0.973. The molecule has 1 saturated heterocycles. The number of anilines is 1. The number of methoxy groups -OCH3 is 1. The van der Waals surface area contributed by atoms with Crippen molar-refractivity contribution < 1.29 is 33.6 Å². The zero-order valence-corrected chi connectivity index (χ0v) is 23.6. The van der Waals surface area contributed by atoms with Gasteiger partial charge in [0, 0.05) is 5.56 Å². The number of aliphatic hydroxyl groups excluding tert-OH is 1. The summed E-state index contributed by atoms with van der Waals surface area (Å²) in [6, 6.07) is 15.1. The number of Topliss-reactive ketones (excluding diaryl/α,β-unsaturated/α-hetero) is 1. The number of ketones is 1. The van der Waals surface area contributed by atoms with Crippen molar-refractivity contribution in [2.75, 3.05) is 31.8 Å². The van der Waals surface area contributed by atoms with Crippen molar-refractivity contribution in [1.82, 2.24) is 4.98 Å². The lowest BCUT2D eigenvalue weighted by atomic mass is 9.95. The second kappa shape index (κ2) is 10.8. The molecule has 1 atom stereocenters. The number of fused-ring (bicyclic) bond motifs is 2. The van der Waals surface area contributed by atoms with Crippen molar-refractivity contribution in [2.24, 2.45) is 0 Å². The number of carbonyl (C=O) groups excluding carboxylic acids is 2. The van der Waals surface area contributed by atoms with Gasteiger partial charge in [-0.05, 0) is 66.9 Å². The van der Waals surface area contributed by atoms with Gasteiger partial charge < -0.3 is 24.1 Å². The molecule has 0 spiro atoms. The van der Waals surface area contributed by atoms with Gasteiger partial charge in [0.1, 0.15) is 19.0 Å². The average molecular weight is 573 g/mol. The maximum Gasteiger partial charge on any atom is 0.301 e. The van der Waals surface area contributed by atoms with Crippen LogP contribution in [0.3, 0.4) is 0 Å². The normalized spacial score (nSPS) is 17.7. The molecule has 2 aliphatic heterocycles. The third-order valence-electron chi connectivity index (χ3n) is 7.12. The Morgan fingerprint density at radius 2 is 1.83 bits per heavy atom. The molecule has 41 heavy (non-hydrogen) atoms. The minimum absolute atomic E-state index is 0.0635. The molecule has 10 heteroatoms. The van der Waals surface area contributed by atoms with E-state index in [1.165, 1.54) is 23.3 Å². The molecular weight excluding hydrogens is 544 g/mol. The van der Waals surface area contributed by atoms with Gasteiger partial charge in [0.25, 0.3) is 5.78 Å². The lowest BCUT2D eigenvalue weighted by molar-refractivity contribution is -0.132. The summed E-state index contributed by atoms with van der Waals surface area (Å²) in [6.07, 6.45) is 0.856. The van der Waals surface area contributed by atoms with Gasteiger partial charge in [0.15, 0.2) is 28.1 Å². The number of nitrogens with zero attached hydrogens (tertiary/aromatic N) is 2. The fourth-order valence-corrected chi connectivity index (χ4v) is 6.16. The quantitative estimate of drug-likeness (QED) is 0.172. The Labute approximate surface area is 240 Å². The Morgan fingerprint density at radius 1 is 1.02 bits per heavy atom. The zero-order chi connectivity index (χ0) is 28.7. The first kappa shape index (κ1) is 26.6. The van der Waals surface area contributed by atoms with Crippen molar-refractivity contribution in [3.8, 4) is 23.0 Å². The number of hydrogen-bond acceptors (Lipinski definition) is 9. The maximum atomic E-state index is 13.7. The molecule has 2 aliphatic rings. The van der Waals surface area contributed by atoms with Gasteiger partial charge in [0.05, 0.1) is 35.5 Å². The molecule has 0 aliphatic carbocycles. The first-order chi connectivity index (χ1) is 19.9. The van der Waals surface area contributed by atoms with E-state index < -0.39 is 17.7 Å². The van der Waals surface area contributed by atoms with Crippen LogP contribution in [0.25, 0.3) is 16.0 Å². The van der Waals surface area contributed by atoms with E-state index in [0.717, 1.165) is 22.2 Å². The van der Waals surface area contributed by atoms with Gasteiger partial charge in [-0.25, -0.2) is 4.98 Å². The SMILES string of the molecule is CCOc1ccc(C2/C(=C(\O)c3ccc4c(c3)OCCO4)C(=O)C(=O)N2c2nc3ccc(CC)cc3s2)cc1OC. The van der Waals surface area contributed by atoms with Crippen LogP contribution in [-0.4, -0.2) is 48.7 Å². The number of carbonyl (C=O) groups is 2. The van der Waals surface area contributed by atoms with E-state index in [9.17, 15) is 14.7 Å². The molecule has 0 saturated carbocycles. The molecule has 1 amide bonds. The number of benzene rings is 3. The van der Waals surface area contributed by atoms with Crippen LogP contribution < -0.4 is 23.8 Å². The van der Waals surface area contributed by atoms with E-state index in [1.54, 1.807) is 36.4 Å². The predicted molar refractivity (Wildman–Crippen MR) is 155 cm³/mol. The molecule has 1 N–H and O–H groups in total. The van der Waals surface area contributed by atoms with Crippen molar-refractivity contribution >= 4 is 44.1 Å². The number of aromatic nitrogens is 1. The topological polar surface area (TPSA) is 107 Å². The number of thiazole rings is 1. The molecule has 9 nitrogen and oxygen atoms in total. The van der Waals surface area contributed by atoms with Crippen molar-refractivity contribution in [2.45, 2.75) is 26.3 Å². The predicted octanol–water partition coefficient (Wildman–Crippen LogP) is 5.66. The van der Waals surface area contributed by atoms with E-state index in [-0.39, 0.29) is 11.3 Å². The molecule has 4 aromatic rings. The molecule has 210 valence electrons. The lowest BCUT2D eigenvalue weighted by Crippen LogP contribution is -2.29. The van der Waals surface area contributed by atoms with Crippen molar-refractivity contribution in [3.63, 3.8) is 0 Å². The standard InChI is InChI=1S/C31H28N2O7S/c1-4-17-6-9-20-25(14-17)41-31(32-20)33-27(18-7-10-21(38-5-2)23(15-18)37-3)26(29(35)30(33)36)28(34)19-8-11-22-24(16-19)40-13-12-39-22/h6-11,14-16,27,34H,4-5,12-13H2,1-3H3/b28-26+. The Balaban J connectivity index is 1.54. The van der Waals surface area contributed by atoms with Gasteiger partial charge in [-0.2, -0.15) is 0 Å². The fraction of sp³-hybridized carbons (Fsp3) is 0.258. The van der Waals surface area contributed by atoms with E-state index in [4.69, 9.17) is 23.9 Å². The Kier molecular flexibility index (Phi) is 7.00. The van der Waals surface area contributed by atoms with Crippen LogP contribution in [0.5, 0.6) is 23.0 Å². The van der Waals surface area contributed by atoms with Crippen molar-refractivity contribution in [1.29, 1.82) is 0 Å². The molecule has 0 bridgehead atoms. The highest BCUT2D eigenvalue weighted by Crippen LogP contribution is 2.46. The van der Waals surface area contributed by atoms with Crippen LogP contribution in [0.15, 0.2) is 60.2 Å². The molecular formula is C31H28N2O7S. The number of rotatable bonds is 7. The summed E-state index contributed by atoms with van der Waals surface area (Å²) in [5, 5.41) is 11.9. The number of hydrogen-bond donors (Lipinski definition) is 1. The first-order valence-corrected chi connectivity index (χ1v) is 14.2. The molecule has 1 fully saturated rings. The molecule has 3 heterocycles. The van der Waals surface area contributed by atoms with Crippen LogP contribution in [0.4, 0.5) is 5.13 Å². The summed E-state index contributed by atoms with van der Waals surface area (Å²) >= 11 is 1.32. The fourth-order valence-electron chi connectivity index (χ4n) is 5.10. The average Bonchev–Trinajstić information content (AvgIpc) is 3.54. The summed E-state index contributed by atoms with van der Waals surface area (Å²) in [5.41, 5.74) is 2.68. The number of amides is 1. The van der Waals surface area contributed by atoms with E-state index in [1.807, 2.05) is 25.1 Å². The summed E-state index contributed by atoms with van der Waals surface area (Å²) in [4.78, 5) is 33.4. The summed E-state index contributed by atoms with van der Waals surface area (Å²) < 4.78 is 23.5. The van der Waals surface area contributed by atoms with Gasteiger partial charge in [-0.15, -0.1) is 0 Å². The summed E-state index contributed by atoms with van der Waals surface area (Å²) in [6.45, 7) is 5.16. The molecule has 0 radical (unpaired) electrons. The largest absolute Gasteiger partial charge is 0.507 e. The Bertz CT molecular complexity index is 1710. The van der Waals surface area contributed by atoms with Gasteiger partial charge in [-0.3, -0.25) is 14.5 Å². The van der Waals surface area contributed by atoms with Gasteiger partial charge in [-0.1, -0.05) is 30.4 Å². The summed E-state index contributed by atoms with van der Waals surface area (Å²) in [5.74, 6) is 0.0324. The monoisotopic (exact) mass is 572 g/mol. The van der Waals surface area contributed by atoms with Gasteiger partial charge >= 0.3 is 5.91 Å². The second-order valence-electron chi connectivity index (χ2n) is 9.52. The highest BCUT2D eigenvalue weighted by Gasteiger charge is 2.48. The molecule has 1 unspecified atom stereocenters. The van der Waals surface area contributed by atoms with Crippen molar-refractivity contribution in [3.05, 3.63) is 76.9 Å². The van der Waals surface area contributed by atoms with E-state index in [2.05, 4.69) is 6.92 Å². The minimum Gasteiger partial charge on any atom is -0.507 e. The Hall–Kier alpha value is -4.57. The Morgan fingerprint density at radius 3 is 2.59 bits per heavy atom. The molecule has 6 rings (SSSR count). The van der Waals surface area contributed by atoms with Crippen LogP contribution in [0.2, 0.25) is 0 Å². The summed E-state index contributed by atoms with van der Waals surface area (Å²) in [7, 11) is 1.52. The third-order valence-corrected chi connectivity index (χ3v) is 8.14. The highest BCUT2D eigenvalue weighted by molar-refractivity contribution is 7.22. The number of aliphatic hydroxyl groups is 1. The maximum absolute atomic E-state index is 13.7. The van der Waals surface area contributed by atoms with E-state index >= 15 is 0 Å². The smallest absolute Gasteiger partial charge is 0.301 e. The van der Waals surface area contributed by atoms with Crippen LogP contribution in [-0.2, 0) is 16.0 Å². The third kappa shape index (κ3) is 4.63. The number of aryl methyl sites for hydroxylation is 1. The zero-order valence-electron chi connectivity index (χ0n) is 22.8. The van der Waals surface area contributed by atoms with E-state index in [0.29, 0.717) is 59.1 Å². The van der Waals surface area contributed by atoms with Gasteiger partial charge in [0.2, 0.25) is 0 Å². The lowest BCUT2D eigenvalue weighted by Gasteiger charge is -2.24. The highest BCUT2D eigenvalue weighted by atomic mass is 32.1. The number of ether oxygens (including phenoxy) is 4. The first-order valence-electron chi connectivity index (χ1n) is 13.3. The van der Waals surface area contributed by atoms with Crippen LogP contribution in [0.1, 0.15) is 36.6 Å². The van der Waals surface area contributed by atoms with Crippen LogP contribution in [0, 0.1) is 0 Å². The van der Waals surface area contributed by atoms with Crippen LogP contribution >= 0.6 is 11.3 Å². The second-order valence-corrected chi connectivity index (χ2v) is 10.5.